The molecule has 0 radical (unpaired) electrons. The van der Waals surface area contributed by atoms with Crippen molar-refractivity contribution < 1.29 is 4.74 Å². The lowest BCUT2D eigenvalue weighted by Gasteiger charge is -2.32. The lowest BCUT2D eigenvalue weighted by Crippen LogP contribution is -2.39. The van der Waals surface area contributed by atoms with E-state index in [9.17, 15) is 0 Å². The molecule has 1 aliphatic heterocycles. The summed E-state index contributed by atoms with van der Waals surface area (Å²) in [5.41, 5.74) is 2.29. The molecule has 0 saturated carbocycles. The van der Waals surface area contributed by atoms with Crippen molar-refractivity contribution in [3.05, 3.63) is 35.7 Å². The summed E-state index contributed by atoms with van der Waals surface area (Å²) >= 11 is 0. The van der Waals surface area contributed by atoms with E-state index in [0.29, 0.717) is 6.04 Å². The van der Waals surface area contributed by atoms with Gasteiger partial charge in [0.1, 0.15) is 11.9 Å². The smallest absolute Gasteiger partial charge is 0.139 e. The fourth-order valence-corrected chi connectivity index (χ4v) is 3.10. The SMILES string of the molecule is Cc1cn(C)c([C@H]2CN(Cc3ccnn3C(C)C)CCO2)n1. The Kier molecular flexibility index (Phi) is 4.31. The summed E-state index contributed by atoms with van der Waals surface area (Å²) in [5, 5.41) is 4.42. The summed E-state index contributed by atoms with van der Waals surface area (Å²) in [6.07, 6.45) is 3.98. The molecule has 6 heteroatoms. The number of aryl methyl sites for hydroxylation is 2. The van der Waals surface area contributed by atoms with Crippen molar-refractivity contribution in [3.8, 4) is 0 Å². The third-order valence-corrected chi connectivity index (χ3v) is 4.10. The van der Waals surface area contributed by atoms with Crippen molar-refractivity contribution in [1.29, 1.82) is 0 Å². The van der Waals surface area contributed by atoms with Crippen LogP contribution in [-0.2, 0) is 18.3 Å². The first-order valence-corrected chi connectivity index (χ1v) is 7.91. The van der Waals surface area contributed by atoms with Gasteiger partial charge < -0.3 is 9.30 Å². The lowest BCUT2D eigenvalue weighted by molar-refractivity contribution is -0.0391. The average molecular weight is 303 g/mol. The molecule has 0 aromatic carbocycles. The molecule has 1 atom stereocenters. The van der Waals surface area contributed by atoms with Crippen LogP contribution in [0.15, 0.2) is 18.5 Å². The first-order valence-electron chi connectivity index (χ1n) is 7.91. The summed E-state index contributed by atoms with van der Waals surface area (Å²) in [5.74, 6) is 1.01. The molecule has 0 amide bonds. The first-order chi connectivity index (χ1) is 10.5. The van der Waals surface area contributed by atoms with Gasteiger partial charge in [0.05, 0.1) is 18.0 Å². The number of ether oxygens (including phenoxy) is 1. The molecule has 3 heterocycles. The Morgan fingerprint density at radius 3 is 2.91 bits per heavy atom. The molecule has 0 N–H and O–H groups in total. The Balaban J connectivity index is 1.71. The van der Waals surface area contributed by atoms with Gasteiger partial charge in [0.2, 0.25) is 0 Å². The molecule has 1 saturated heterocycles. The molecule has 0 spiro atoms. The number of aromatic nitrogens is 4. The second kappa shape index (κ2) is 6.22. The maximum Gasteiger partial charge on any atom is 0.139 e. The van der Waals surface area contributed by atoms with E-state index >= 15 is 0 Å². The van der Waals surface area contributed by atoms with Crippen LogP contribution >= 0.6 is 0 Å². The second-order valence-corrected chi connectivity index (χ2v) is 6.31. The van der Waals surface area contributed by atoms with E-state index in [1.807, 2.05) is 26.4 Å². The largest absolute Gasteiger partial charge is 0.368 e. The topological polar surface area (TPSA) is 48.1 Å². The van der Waals surface area contributed by atoms with Crippen molar-refractivity contribution >= 4 is 0 Å². The zero-order valence-electron chi connectivity index (χ0n) is 13.9. The predicted molar refractivity (Wildman–Crippen MR) is 84.5 cm³/mol. The normalized spacial score (nSPS) is 20.0. The van der Waals surface area contributed by atoms with Gasteiger partial charge in [-0.15, -0.1) is 0 Å². The van der Waals surface area contributed by atoms with Crippen LogP contribution in [0.25, 0.3) is 0 Å². The average Bonchev–Trinajstić information content (AvgIpc) is 3.05. The minimum Gasteiger partial charge on any atom is -0.368 e. The molecule has 22 heavy (non-hydrogen) atoms. The number of morpholine rings is 1. The molecule has 6 nitrogen and oxygen atoms in total. The van der Waals surface area contributed by atoms with Crippen molar-refractivity contribution in [3.63, 3.8) is 0 Å². The Morgan fingerprint density at radius 1 is 1.41 bits per heavy atom. The molecule has 0 aliphatic carbocycles. The van der Waals surface area contributed by atoms with E-state index in [1.54, 1.807) is 0 Å². The molecule has 2 aromatic heterocycles. The van der Waals surface area contributed by atoms with Gasteiger partial charge in [-0.1, -0.05) is 0 Å². The summed E-state index contributed by atoms with van der Waals surface area (Å²) < 4.78 is 10.1. The van der Waals surface area contributed by atoms with Crippen molar-refractivity contribution in [2.75, 3.05) is 19.7 Å². The van der Waals surface area contributed by atoms with E-state index in [-0.39, 0.29) is 6.10 Å². The van der Waals surface area contributed by atoms with Crippen LogP contribution in [0.1, 0.15) is 43.2 Å². The lowest BCUT2D eigenvalue weighted by atomic mass is 10.2. The van der Waals surface area contributed by atoms with Crippen LogP contribution in [0.4, 0.5) is 0 Å². The third kappa shape index (κ3) is 3.08. The molecule has 1 aliphatic rings. The number of rotatable bonds is 4. The van der Waals surface area contributed by atoms with E-state index in [1.165, 1.54) is 5.69 Å². The molecular formula is C16H25N5O. The monoisotopic (exact) mass is 303 g/mol. The first kappa shape index (κ1) is 15.2. The van der Waals surface area contributed by atoms with Crippen LogP contribution in [0.2, 0.25) is 0 Å². The Morgan fingerprint density at radius 2 is 2.23 bits per heavy atom. The Labute approximate surface area is 131 Å². The third-order valence-electron chi connectivity index (χ3n) is 4.10. The van der Waals surface area contributed by atoms with Gasteiger partial charge >= 0.3 is 0 Å². The molecule has 3 rings (SSSR count). The number of nitrogens with zero attached hydrogens (tertiary/aromatic N) is 5. The van der Waals surface area contributed by atoms with Crippen LogP contribution in [0.5, 0.6) is 0 Å². The van der Waals surface area contributed by atoms with Gasteiger partial charge in [-0.3, -0.25) is 9.58 Å². The zero-order valence-corrected chi connectivity index (χ0v) is 13.9. The van der Waals surface area contributed by atoms with Crippen molar-refractivity contribution in [2.45, 2.75) is 39.5 Å². The van der Waals surface area contributed by atoms with Gasteiger partial charge in [-0.05, 0) is 26.8 Å². The fourth-order valence-electron chi connectivity index (χ4n) is 3.10. The summed E-state index contributed by atoms with van der Waals surface area (Å²) in [6, 6.07) is 2.49. The van der Waals surface area contributed by atoms with Crippen LogP contribution in [0.3, 0.4) is 0 Å². The molecule has 120 valence electrons. The highest BCUT2D eigenvalue weighted by Crippen LogP contribution is 2.23. The number of hydrogen-bond donors (Lipinski definition) is 0. The maximum atomic E-state index is 5.94. The van der Waals surface area contributed by atoms with Crippen molar-refractivity contribution in [2.24, 2.45) is 7.05 Å². The fraction of sp³-hybridized carbons (Fsp3) is 0.625. The summed E-state index contributed by atoms with van der Waals surface area (Å²) in [7, 11) is 2.03. The van der Waals surface area contributed by atoms with E-state index in [0.717, 1.165) is 37.8 Å². The van der Waals surface area contributed by atoms with Gasteiger partial charge in [0, 0.05) is 45.1 Å². The standard InChI is InChI=1S/C16H25N5O/c1-12(2)21-14(5-6-17-21)10-20-7-8-22-15(11-20)16-18-13(3)9-19(16)4/h5-6,9,12,15H,7-8,10-11H2,1-4H3/t15-/m1/s1. The van der Waals surface area contributed by atoms with E-state index in [2.05, 4.69) is 44.1 Å². The van der Waals surface area contributed by atoms with Crippen LogP contribution in [0, 0.1) is 6.92 Å². The van der Waals surface area contributed by atoms with Gasteiger partial charge in [0.25, 0.3) is 0 Å². The van der Waals surface area contributed by atoms with Gasteiger partial charge in [-0.2, -0.15) is 5.10 Å². The minimum atomic E-state index is 0.0443. The van der Waals surface area contributed by atoms with E-state index < -0.39 is 0 Å². The van der Waals surface area contributed by atoms with Crippen LogP contribution in [-0.4, -0.2) is 43.9 Å². The quantitative estimate of drug-likeness (QED) is 0.867. The van der Waals surface area contributed by atoms with Gasteiger partial charge in [-0.25, -0.2) is 4.98 Å². The molecular weight excluding hydrogens is 278 g/mol. The summed E-state index contributed by atoms with van der Waals surface area (Å²) in [6.45, 7) is 9.81. The minimum absolute atomic E-state index is 0.0443. The predicted octanol–water partition coefficient (Wildman–Crippen LogP) is 2.08. The van der Waals surface area contributed by atoms with Gasteiger partial charge in [0.15, 0.2) is 0 Å². The highest BCUT2D eigenvalue weighted by Gasteiger charge is 2.26. The number of imidazole rings is 1. The Bertz CT molecular complexity index is 630. The molecule has 0 unspecified atom stereocenters. The van der Waals surface area contributed by atoms with Crippen LogP contribution < -0.4 is 0 Å². The molecule has 2 aromatic rings. The molecule has 0 bridgehead atoms. The summed E-state index contributed by atoms with van der Waals surface area (Å²) in [4.78, 5) is 7.03. The zero-order chi connectivity index (χ0) is 15.7. The number of hydrogen-bond acceptors (Lipinski definition) is 4. The highest BCUT2D eigenvalue weighted by atomic mass is 16.5. The van der Waals surface area contributed by atoms with Crippen molar-refractivity contribution in [1.82, 2.24) is 24.2 Å². The maximum absolute atomic E-state index is 5.94. The van der Waals surface area contributed by atoms with E-state index in [4.69, 9.17) is 4.74 Å². The second-order valence-electron chi connectivity index (χ2n) is 6.31. The highest BCUT2D eigenvalue weighted by molar-refractivity contribution is 5.06. The Hall–Kier alpha value is -1.66. The molecule has 1 fully saturated rings.